The summed E-state index contributed by atoms with van der Waals surface area (Å²) in [6, 6.07) is 1.17. The van der Waals surface area contributed by atoms with Crippen LogP contribution in [0.4, 0.5) is 4.79 Å². The van der Waals surface area contributed by atoms with E-state index in [2.05, 4.69) is 22.1 Å². The van der Waals surface area contributed by atoms with Crippen LogP contribution in [0.3, 0.4) is 0 Å². The smallest absolute Gasteiger partial charge is 0.322 e. The van der Waals surface area contributed by atoms with Crippen molar-refractivity contribution >= 4 is 29.2 Å². The largest absolute Gasteiger partial charge is 0.336 e. The first-order chi connectivity index (χ1) is 10.1. The number of urea groups is 1. The van der Waals surface area contributed by atoms with Gasteiger partial charge in [0.05, 0.1) is 6.04 Å². The third-order valence-corrected chi connectivity index (χ3v) is 4.71. The molecule has 2 aliphatic heterocycles. The second-order valence-electron chi connectivity index (χ2n) is 5.36. The average molecular weight is 307 g/mol. The van der Waals surface area contributed by atoms with E-state index in [0.29, 0.717) is 6.42 Å². The monoisotopic (exact) mass is 307 g/mol. The first kappa shape index (κ1) is 14.1. The van der Waals surface area contributed by atoms with E-state index >= 15 is 0 Å². The van der Waals surface area contributed by atoms with Crippen molar-refractivity contribution < 1.29 is 14.4 Å². The minimum absolute atomic E-state index is 0.0534. The Balaban J connectivity index is 1.57. The lowest BCUT2D eigenvalue weighted by molar-refractivity contribution is -0.132. The lowest BCUT2D eigenvalue weighted by Crippen LogP contribution is -2.34. The summed E-state index contributed by atoms with van der Waals surface area (Å²) in [4.78, 5) is 36.8. The summed E-state index contributed by atoms with van der Waals surface area (Å²) in [5, 5.41) is 8.81. The number of nitrogens with zero attached hydrogens (tertiary/aromatic N) is 1. The average Bonchev–Trinajstić information content (AvgIpc) is 3.16. The summed E-state index contributed by atoms with van der Waals surface area (Å²) >= 11 is 1.64. The van der Waals surface area contributed by atoms with E-state index in [9.17, 15) is 14.4 Å². The van der Waals surface area contributed by atoms with Gasteiger partial charge in [0.1, 0.15) is 6.04 Å². The van der Waals surface area contributed by atoms with Crippen LogP contribution in [0.2, 0.25) is 0 Å². The molecule has 1 aromatic heterocycles. The molecule has 3 rings (SSSR count). The molecule has 2 unspecified atom stereocenters. The van der Waals surface area contributed by atoms with Crippen LogP contribution in [0.15, 0.2) is 16.8 Å². The van der Waals surface area contributed by atoms with E-state index in [1.807, 2.05) is 10.3 Å². The molecule has 21 heavy (non-hydrogen) atoms. The Hall–Kier alpha value is -1.89. The number of rotatable bonds is 4. The summed E-state index contributed by atoms with van der Waals surface area (Å²) in [6.45, 7) is 0.766. The van der Waals surface area contributed by atoms with Gasteiger partial charge in [-0.15, -0.1) is 0 Å². The molecule has 4 amide bonds. The van der Waals surface area contributed by atoms with Crippen LogP contribution >= 0.6 is 11.3 Å². The van der Waals surface area contributed by atoms with Gasteiger partial charge >= 0.3 is 6.03 Å². The maximum Gasteiger partial charge on any atom is 0.322 e. The summed E-state index contributed by atoms with van der Waals surface area (Å²) < 4.78 is 0. The van der Waals surface area contributed by atoms with Crippen LogP contribution in [0, 0.1) is 0 Å². The second kappa shape index (κ2) is 5.85. The van der Waals surface area contributed by atoms with Gasteiger partial charge in [-0.05, 0) is 41.7 Å². The molecule has 6 nitrogen and oxygen atoms in total. The lowest BCUT2D eigenvalue weighted by atomic mass is 10.1. The Morgan fingerprint density at radius 1 is 1.43 bits per heavy atom. The SMILES string of the molecule is O=C1NC(=O)C(CCC(=O)N2CCCC2c2ccsc2)N1. The molecule has 2 aliphatic rings. The topological polar surface area (TPSA) is 78.5 Å². The fraction of sp³-hybridized carbons (Fsp3) is 0.500. The number of carbonyl (C=O) groups is 3. The molecule has 0 saturated carbocycles. The Bertz CT molecular complexity index is 558. The molecule has 0 radical (unpaired) electrons. The van der Waals surface area contributed by atoms with Crippen LogP contribution in [0.25, 0.3) is 0 Å². The van der Waals surface area contributed by atoms with Crippen molar-refractivity contribution in [2.24, 2.45) is 0 Å². The quantitative estimate of drug-likeness (QED) is 0.825. The highest BCUT2D eigenvalue weighted by Gasteiger charge is 2.33. The van der Waals surface area contributed by atoms with Crippen molar-refractivity contribution in [3.05, 3.63) is 22.4 Å². The number of hydrogen-bond donors (Lipinski definition) is 2. The molecule has 112 valence electrons. The van der Waals surface area contributed by atoms with Gasteiger partial charge in [-0.25, -0.2) is 4.79 Å². The van der Waals surface area contributed by atoms with E-state index in [4.69, 9.17) is 0 Å². The van der Waals surface area contributed by atoms with Crippen LogP contribution in [0.5, 0.6) is 0 Å². The normalized spacial score (nSPS) is 25.0. The predicted molar refractivity (Wildman–Crippen MR) is 77.7 cm³/mol. The van der Waals surface area contributed by atoms with Crippen LogP contribution in [-0.4, -0.2) is 35.3 Å². The zero-order chi connectivity index (χ0) is 14.8. The highest BCUT2D eigenvalue weighted by atomic mass is 32.1. The molecule has 2 atom stereocenters. The summed E-state index contributed by atoms with van der Waals surface area (Å²) in [6.07, 6.45) is 2.62. The van der Waals surface area contributed by atoms with Crippen molar-refractivity contribution in [2.75, 3.05) is 6.54 Å². The van der Waals surface area contributed by atoms with Crippen molar-refractivity contribution in [1.29, 1.82) is 0 Å². The van der Waals surface area contributed by atoms with E-state index in [1.165, 1.54) is 5.56 Å². The number of imide groups is 1. The summed E-state index contributed by atoms with van der Waals surface area (Å²) in [5.74, 6) is -0.291. The Kier molecular flexibility index (Phi) is 3.92. The van der Waals surface area contributed by atoms with E-state index in [-0.39, 0.29) is 24.3 Å². The standard InChI is InChI=1S/C14H17N3O3S/c18-12(4-3-10-13(19)16-14(20)15-10)17-6-1-2-11(17)9-5-7-21-8-9/h5,7-8,10-11H,1-4,6H2,(H2,15,16,19,20). The number of likely N-dealkylation sites (tertiary alicyclic amines) is 1. The fourth-order valence-corrected chi connectivity index (χ4v) is 3.66. The molecule has 2 N–H and O–H groups in total. The van der Waals surface area contributed by atoms with E-state index < -0.39 is 12.1 Å². The van der Waals surface area contributed by atoms with Crippen LogP contribution < -0.4 is 10.6 Å². The third-order valence-electron chi connectivity index (χ3n) is 4.01. The Morgan fingerprint density at radius 3 is 2.95 bits per heavy atom. The third kappa shape index (κ3) is 2.92. The molecule has 0 spiro atoms. The van der Waals surface area contributed by atoms with Gasteiger partial charge in [0.2, 0.25) is 5.91 Å². The number of hydrogen-bond acceptors (Lipinski definition) is 4. The highest BCUT2D eigenvalue weighted by molar-refractivity contribution is 7.07. The Labute approximate surface area is 126 Å². The van der Waals surface area contributed by atoms with Crippen molar-refractivity contribution in [1.82, 2.24) is 15.5 Å². The molecular formula is C14H17N3O3S. The molecule has 7 heteroatoms. The fourth-order valence-electron chi connectivity index (χ4n) is 2.95. The molecule has 3 heterocycles. The molecule has 2 saturated heterocycles. The van der Waals surface area contributed by atoms with Crippen LogP contribution in [0.1, 0.15) is 37.3 Å². The maximum atomic E-state index is 12.4. The number of nitrogens with one attached hydrogen (secondary N) is 2. The minimum atomic E-state index is -0.580. The highest BCUT2D eigenvalue weighted by Crippen LogP contribution is 2.33. The summed E-state index contributed by atoms with van der Waals surface area (Å²) in [5.41, 5.74) is 1.19. The molecular weight excluding hydrogens is 290 g/mol. The van der Waals surface area contributed by atoms with E-state index in [0.717, 1.165) is 19.4 Å². The van der Waals surface area contributed by atoms with Gasteiger partial charge in [-0.3, -0.25) is 14.9 Å². The zero-order valence-electron chi connectivity index (χ0n) is 11.5. The van der Waals surface area contributed by atoms with Gasteiger partial charge in [0.25, 0.3) is 5.91 Å². The molecule has 0 bridgehead atoms. The Morgan fingerprint density at radius 2 is 2.29 bits per heavy atom. The minimum Gasteiger partial charge on any atom is -0.336 e. The van der Waals surface area contributed by atoms with Crippen molar-refractivity contribution in [3.8, 4) is 0 Å². The predicted octanol–water partition coefficient (Wildman–Crippen LogP) is 1.40. The molecule has 1 aromatic rings. The van der Waals surface area contributed by atoms with Gasteiger partial charge in [-0.2, -0.15) is 11.3 Å². The molecule has 0 aromatic carbocycles. The second-order valence-corrected chi connectivity index (χ2v) is 6.14. The first-order valence-electron chi connectivity index (χ1n) is 7.08. The van der Waals surface area contributed by atoms with Crippen molar-refractivity contribution in [3.63, 3.8) is 0 Å². The summed E-state index contributed by atoms with van der Waals surface area (Å²) in [7, 11) is 0. The number of thiophene rings is 1. The zero-order valence-corrected chi connectivity index (χ0v) is 12.3. The van der Waals surface area contributed by atoms with Gasteiger partial charge < -0.3 is 10.2 Å². The lowest BCUT2D eigenvalue weighted by Gasteiger charge is -2.24. The van der Waals surface area contributed by atoms with Crippen LogP contribution in [-0.2, 0) is 9.59 Å². The number of carbonyl (C=O) groups excluding carboxylic acids is 3. The molecule has 0 aliphatic carbocycles. The van der Waals surface area contributed by atoms with Gasteiger partial charge in [-0.1, -0.05) is 0 Å². The maximum absolute atomic E-state index is 12.4. The van der Waals surface area contributed by atoms with Gasteiger partial charge in [0, 0.05) is 13.0 Å². The van der Waals surface area contributed by atoms with Crippen molar-refractivity contribution in [2.45, 2.75) is 37.8 Å². The molecule has 2 fully saturated rings. The van der Waals surface area contributed by atoms with E-state index in [1.54, 1.807) is 11.3 Å². The first-order valence-corrected chi connectivity index (χ1v) is 8.02. The number of amides is 4. The van der Waals surface area contributed by atoms with Gasteiger partial charge in [0.15, 0.2) is 0 Å².